The SMILES string of the molecule is CN(C)CC1CC(O)CN1CCSc1ccc(F)cc1. The highest BCUT2D eigenvalue weighted by Gasteiger charge is 2.30. The maximum atomic E-state index is 12.8. The lowest BCUT2D eigenvalue weighted by atomic mass is 10.2. The molecule has 1 saturated heterocycles. The minimum absolute atomic E-state index is 0.192. The minimum Gasteiger partial charge on any atom is -0.392 e. The van der Waals surface area contributed by atoms with E-state index in [0.717, 1.165) is 36.7 Å². The second-order valence-electron chi connectivity index (χ2n) is 5.60. The lowest BCUT2D eigenvalue weighted by Crippen LogP contribution is -2.38. The van der Waals surface area contributed by atoms with Gasteiger partial charge in [0.15, 0.2) is 0 Å². The van der Waals surface area contributed by atoms with Gasteiger partial charge in [0.2, 0.25) is 0 Å². The smallest absolute Gasteiger partial charge is 0.123 e. The number of hydrogen-bond donors (Lipinski definition) is 1. The second-order valence-corrected chi connectivity index (χ2v) is 6.77. The van der Waals surface area contributed by atoms with E-state index in [1.165, 1.54) is 12.1 Å². The monoisotopic (exact) mass is 298 g/mol. The summed E-state index contributed by atoms with van der Waals surface area (Å²) in [6.07, 6.45) is 0.662. The molecule has 1 aromatic rings. The third-order valence-corrected chi connectivity index (χ3v) is 4.53. The zero-order chi connectivity index (χ0) is 14.5. The van der Waals surface area contributed by atoms with Crippen LogP contribution in [0.3, 0.4) is 0 Å². The largest absolute Gasteiger partial charge is 0.392 e. The van der Waals surface area contributed by atoms with Crippen LogP contribution in [0.15, 0.2) is 29.2 Å². The number of halogens is 1. The number of β-amino-alcohol motifs (C(OH)–C–C–N with tert-alkyl or cyclic N) is 1. The lowest BCUT2D eigenvalue weighted by molar-refractivity contribution is 0.176. The van der Waals surface area contributed by atoms with Crippen molar-refractivity contribution in [1.82, 2.24) is 9.80 Å². The average molecular weight is 298 g/mol. The van der Waals surface area contributed by atoms with Crippen molar-refractivity contribution in [3.8, 4) is 0 Å². The van der Waals surface area contributed by atoms with Crippen LogP contribution >= 0.6 is 11.8 Å². The van der Waals surface area contributed by atoms with Crippen LogP contribution in [0.5, 0.6) is 0 Å². The van der Waals surface area contributed by atoms with Gasteiger partial charge in [-0.2, -0.15) is 0 Å². The summed E-state index contributed by atoms with van der Waals surface area (Å²) in [6.45, 7) is 2.71. The predicted octanol–water partition coefficient (Wildman–Crippen LogP) is 1.91. The molecule has 2 unspecified atom stereocenters. The Kier molecular flexibility index (Phi) is 5.84. The molecule has 2 rings (SSSR count). The Morgan fingerprint density at radius 1 is 1.35 bits per heavy atom. The van der Waals surface area contributed by atoms with Crippen LogP contribution in [0.1, 0.15) is 6.42 Å². The number of aliphatic hydroxyl groups excluding tert-OH is 1. The number of hydrogen-bond acceptors (Lipinski definition) is 4. The first-order valence-corrected chi connectivity index (χ1v) is 7.98. The first-order chi connectivity index (χ1) is 9.54. The van der Waals surface area contributed by atoms with Gasteiger partial charge in [-0.25, -0.2) is 4.39 Å². The fraction of sp³-hybridized carbons (Fsp3) is 0.600. The van der Waals surface area contributed by atoms with Crippen LogP contribution < -0.4 is 0 Å². The van der Waals surface area contributed by atoms with Gasteiger partial charge in [0.1, 0.15) is 5.82 Å². The van der Waals surface area contributed by atoms with Gasteiger partial charge < -0.3 is 10.0 Å². The molecule has 5 heteroatoms. The van der Waals surface area contributed by atoms with Crippen LogP contribution in [0.25, 0.3) is 0 Å². The first-order valence-electron chi connectivity index (χ1n) is 7.00. The number of benzene rings is 1. The van der Waals surface area contributed by atoms with Crippen LogP contribution in [0, 0.1) is 5.82 Å². The van der Waals surface area contributed by atoms with E-state index in [9.17, 15) is 9.50 Å². The molecule has 1 fully saturated rings. The third-order valence-electron chi connectivity index (χ3n) is 3.54. The number of likely N-dealkylation sites (tertiary alicyclic amines) is 1. The van der Waals surface area contributed by atoms with E-state index in [1.807, 2.05) is 12.1 Å². The van der Waals surface area contributed by atoms with Gasteiger partial charge in [-0.1, -0.05) is 0 Å². The zero-order valence-electron chi connectivity index (χ0n) is 12.1. The molecule has 0 aromatic heterocycles. The molecule has 20 heavy (non-hydrogen) atoms. The second kappa shape index (κ2) is 7.41. The summed E-state index contributed by atoms with van der Waals surface area (Å²) in [5.74, 6) is 0.769. The van der Waals surface area contributed by atoms with Crippen molar-refractivity contribution in [2.75, 3.05) is 39.5 Å². The predicted molar refractivity (Wildman–Crippen MR) is 81.7 cm³/mol. The molecular formula is C15H23FN2OS. The topological polar surface area (TPSA) is 26.7 Å². The molecule has 0 amide bonds. The lowest BCUT2D eigenvalue weighted by Gasteiger charge is -2.26. The highest BCUT2D eigenvalue weighted by molar-refractivity contribution is 7.99. The molecule has 0 radical (unpaired) electrons. The number of nitrogens with zero attached hydrogens (tertiary/aromatic N) is 2. The highest BCUT2D eigenvalue weighted by atomic mass is 32.2. The molecule has 2 atom stereocenters. The van der Waals surface area contributed by atoms with Gasteiger partial charge in [0, 0.05) is 36.3 Å². The summed E-state index contributed by atoms with van der Waals surface area (Å²) in [5, 5.41) is 9.82. The summed E-state index contributed by atoms with van der Waals surface area (Å²) in [7, 11) is 4.13. The number of likely N-dealkylation sites (N-methyl/N-ethyl adjacent to an activating group) is 1. The summed E-state index contributed by atoms with van der Waals surface area (Å²) < 4.78 is 12.8. The fourth-order valence-electron chi connectivity index (χ4n) is 2.65. The van der Waals surface area contributed by atoms with Crippen molar-refractivity contribution < 1.29 is 9.50 Å². The standard InChI is InChI=1S/C15H23FN2OS/c1-17(2)10-13-9-14(19)11-18(13)7-8-20-15-5-3-12(16)4-6-15/h3-6,13-14,19H,7-11H2,1-2H3. The van der Waals surface area contributed by atoms with E-state index >= 15 is 0 Å². The third kappa shape index (κ3) is 4.74. The quantitative estimate of drug-likeness (QED) is 0.812. The van der Waals surface area contributed by atoms with Crippen molar-refractivity contribution in [1.29, 1.82) is 0 Å². The van der Waals surface area contributed by atoms with E-state index < -0.39 is 0 Å². The Morgan fingerprint density at radius 3 is 2.70 bits per heavy atom. The van der Waals surface area contributed by atoms with Crippen molar-refractivity contribution in [3.05, 3.63) is 30.1 Å². The van der Waals surface area contributed by atoms with Crippen molar-refractivity contribution in [3.63, 3.8) is 0 Å². The van der Waals surface area contributed by atoms with Crippen molar-refractivity contribution in [2.45, 2.75) is 23.5 Å². The fourth-order valence-corrected chi connectivity index (χ4v) is 3.54. The molecular weight excluding hydrogens is 275 g/mol. The molecule has 1 aromatic carbocycles. The average Bonchev–Trinajstić information content (AvgIpc) is 2.71. The highest BCUT2D eigenvalue weighted by Crippen LogP contribution is 2.22. The van der Waals surface area contributed by atoms with Crippen LogP contribution in [-0.4, -0.2) is 66.5 Å². The van der Waals surface area contributed by atoms with Gasteiger partial charge in [0.05, 0.1) is 6.10 Å². The molecule has 3 nitrogen and oxygen atoms in total. The molecule has 0 bridgehead atoms. The Hall–Kier alpha value is -0.620. The molecule has 1 aliphatic rings. The van der Waals surface area contributed by atoms with Crippen LogP contribution in [0.2, 0.25) is 0 Å². The Morgan fingerprint density at radius 2 is 2.05 bits per heavy atom. The Bertz CT molecular complexity index is 413. The van der Waals surface area contributed by atoms with E-state index in [0.29, 0.717) is 6.04 Å². The van der Waals surface area contributed by atoms with Gasteiger partial charge in [-0.05, 0) is 44.8 Å². The molecule has 112 valence electrons. The molecule has 1 aliphatic heterocycles. The van der Waals surface area contributed by atoms with Gasteiger partial charge in [-0.15, -0.1) is 11.8 Å². The number of thioether (sulfide) groups is 1. The van der Waals surface area contributed by atoms with Gasteiger partial charge >= 0.3 is 0 Å². The van der Waals surface area contributed by atoms with E-state index in [1.54, 1.807) is 11.8 Å². The summed E-state index contributed by atoms with van der Waals surface area (Å²) in [4.78, 5) is 5.62. The maximum absolute atomic E-state index is 12.8. The zero-order valence-corrected chi connectivity index (χ0v) is 12.9. The van der Waals surface area contributed by atoms with E-state index in [4.69, 9.17) is 0 Å². The summed E-state index contributed by atoms with van der Waals surface area (Å²) >= 11 is 1.73. The molecule has 1 N–H and O–H groups in total. The minimum atomic E-state index is -0.198. The summed E-state index contributed by atoms with van der Waals surface area (Å²) in [5.41, 5.74) is 0. The molecule has 1 heterocycles. The number of rotatable bonds is 6. The van der Waals surface area contributed by atoms with Crippen LogP contribution in [0.4, 0.5) is 4.39 Å². The molecule has 0 saturated carbocycles. The van der Waals surface area contributed by atoms with E-state index in [2.05, 4.69) is 23.9 Å². The van der Waals surface area contributed by atoms with Crippen molar-refractivity contribution in [2.24, 2.45) is 0 Å². The molecule has 0 spiro atoms. The Labute approximate surface area is 124 Å². The van der Waals surface area contributed by atoms with Gasteiger partial charge in [0.25, 0.3) is 0 Å². The maximum Gasteiger partial charge on any atom is 0.123 e. The normalized spacial score (nSPS) is 23.6. The Balaban J connectivity index is 1.78. The van der Waals surface area contributed by atoms with Gasteiger partial charge in [-0.3, -0.25) is 4.90 Å². The van der Waals surface area contributed by atoms with E-state index in [-0.39, 0.29) is 11.9 Å². The summed E-state index contributed by atoms with van der Waals surface area (Å²) in [6, 6.07) is 7.06. The van der Waals surface area contributed by atoms with Crippen LogP contribution in [-0.2, 0) is 0 Å². The molecule has 0 aliphatic carbocycles. The van der Waals surface area contributed by atoms with Crippen molar-refractivity contribution >= 4 is 11.8 Å². The number of aliphatic hydroxyl groups is 1. The first kappa shape index (κ1) is 15.8.